The van der Waals surface area contributed by atoms with Gasteiger partial charge in [0, 0.05) is 42.1 Å². The van der Waals surface area contributed by atoms with Gasteiger partial charge in [0.25, 0.3) is 0 Å². The van der Waals surface area contributed by atoms with Crippen molar-refractivity contribution in [2.75, 3.05) is 36.1 Å². The summed E-state index contributed by atoms with van der Waals surface area (Å²) in [5, 5.41) is 6.62. The molecule has 0 radical (unpaired) electrons. The first-order valence-corrected chi connectivity index (χ1v) is 10.6. The summed E-state index contributed by atoms with van der Waals surface area (Å²) in [6, 6.07) is 5.33. The number of hydrogen-bond acceptors (Lipinski definition) is 6. The van der Waals surface area contributed by atoms with E-state index >= 15 is 0 Å². The second kappa shape index (κ2) is 9.71. The van der Waals surface area contributed by atoms with Crippen molar-refractivity contribution >= 4 is 53.1 Å². The van der Waals surface area contributed by atoms with E-state index in [-0.39, 0.29) is 24.2 Å². The molecule has 2 aromatic rings. The molecule has 162 valence electrons. The number of halogens is 2. The zero-order valence-corrected chi connectivity index (χ0v) is 18.7. The minimum absolute atomic E-state index is 0. The fourth-order valence-corrected chi connectivity index (χ4v) is 4.54. The number of carbonyl (C=O) groups is 1. The first kappa shape index (κ1) is 22.4. The first-order chi connectivity index (χ1) is 14.0. The number of amides is 1. The summed E-state index contributed by atoms with van der Waals surface area (Å²) >= 11 is 6.14. The van der Waals surface area contributed by atoms with Gasteiger partial charge in [-0.2, -0.15) is 4.98 Å². The number of anilines is 4. The molecule has 1 aliphatic heterocycles. The summed E-state index contributed by atoms with van der Waals surface area (Å²) in [7, 11) is 1.70. The van der Waals surface area contributed by atoms with Crippen LogP contribution in [0.3, 0.4) is 0 Å². The van der Waals surface area contributed by atoms with Gasteiger partial charge in [0.05, 0.1) is 11.6 Å². The number of carbonyl (C=O) groups excluding carboxylic acids is 1. The van der Waals surface area contributed by atoms with Gasteiger partial charge in [-0.05, 0) is 56.7 Å². The van der Waals surface area contributed by atoms with Gasteiger partial charge in [-0.15, -0.1) is 12.4 Å². The van der Waals surface area contributed by atoms with Gasteiger partial charge in [0.2, 0.25) is 11.9 Å². The van der Waals surface area contributed by atoms with Crippen LogP contribution in [0.5, 0.6) is 0 Å². The van der Waals surface area contributed by atoms with Crippen LogP contribution in [0.25, 0.3) is 0 Å². The van der Waals surface area contributed by atoms with Crippen LogP contribution in [0.4, 0.5) is 23.1 Å². The number of nitrogens with zero attached hydrogens (tertiary/aromatic N) is 3. The van der Waals surface area contributed by atoms with E-state index in [0.29, 0.717) is 23.2 Å². The van der Waals surface area contributed by atoms with E-state index in [1.54, 1.807) is 13.1 Å². The summed E-state index contributed by atoms with van der Waals surface area (Å²) in [6.45, 7) is 1.59. The van der Waals surface area contributed by atoms with Crippen LogP contribution in [-0.4, -0.2) is 36.0 Å². The van der Waals surface area contributed by atoms with E-state index in [0.717, 1.165) is 62.3 Å². The maximum atomic E-state index is 12.2. The Morgan fingerprint density at radius 2 is 2.00 bits per heavy atom. The van der Waals surface area contributed by atoms with Crippen LogP contribution in [0.15, 0.2) is 18.2 Å². The van der Waals surface area contributed by atoms with Crippen molar-refractivity contribution in [2.24, 2.45) is 5.92 Å². The first-order valence-electron chi connectivity index (χ1n) is 10.2. The molecule has 1 aromatic heterocycles. The van der Waals surface area contributed by atoms with Gasteiger partial charge in [-0.3, -0.25) is 4.79 Å². The van der Waals surface area contributed by atoms with Gasteiger partial charge >= 0.3 is 0 Å². The molecule has 2 aliphatic rings. The average molecular weight is 451 g/mol. The summed E-state index contributed by atoms with van der Waals surface area (Å²) in [6.07, 6.45) is 6.10. The van der Waals surface area contributed by atoms with Crippen molar-refractivity contribution in [2.45, 2.75) is 38.5 Å². The maximum Gasteiger partial charge on any atom is 0.229 e. The summed E-state index contributed by atoms with van der Waals surface area (Å²) in [5.41, 5.74) is 9.59. The van der Waals surface area contributed by atoms with Crippen molar-refractivity contribution in [1.82, 2.24) is 15.3 Å². The smallest absolute Gasteiger partial charge is 0.229 e. The molecular weight excluding hydrogens is 423 g/mol. The number of aromatic nitrogens is 2. The minimum Gasteiger partial charge on any atom is -0.399 e. The van der Waals surface area contributed by atoms with Gasteiger partial charge in [0.15, 0.2) is 0 Å². The number of benzene rings is 1. The molecule has 0 bridgehead atoms. The topological polar surface area (TPSA) is 96.2 Å². The summed E-state index contributed by atoms with van der Waals surface area (Å²) < 4.78 is 0. The largest absolute Gasteiger partial charge is 0.399 e. The van der Waals surface area contributed by atoms with Crippen LogP contribution < -0.4 is 21.3 Å². The third-order valence-corrected chi connectivity index (χ3v) is 5.89. The van der Waals surface area contributed by atoms with Gasteiger partial charge in [0.1, 0.15) is 5.82 Å². The lowest BCUT2D eigenvalue weighted by atomic mass is 9.93. The number of rotatable bonds is 4. The molecule has 1 aliphatic carbocycles. The molecule has 1 saturated heterocycles. The molecule has 0 spiro atoms. The molecular formula is C21H28Cl2N6O. The molecule has 2 heterocycles. The zero-order chi connectivity index (χ0) is 20.4. The number of nitrogens with two attached hydrogens (primary N) is 1. The molecule has 30 heavy (non-hydrogen) atoms. The monoisotopic (exact) mass is 450 g/mol. The number of hydrogen-bond donors (Lipinski definition) is 3. The standard InChI is InChI=1S/C21H27ClN6O.ClH/c1-24-20(29)13-5-4-8-28(12-13)19-17-6-2-3-7-18(17)26-21(27-19)25-16-10-14(22)9-15(23)11-16;/h9-11,13H,2-8,12,23H2,1H3,(H,24,29)(H,25,26,27);1H. The Morgan fingerprint density at radius 3 is 2.77 bits per heavy atom. The van der Waals surface area contributed by atoms with Crippen molar-refractivity contribution in [1.29, 1.82) is 0 Å². The second-order valence-corrected chi connectivity index (χ2v) is 8.24. The quantitative estimate of drug-likeness (QED) is 0.614. The van der Waals surface area contributed by atoms with Crippen LogP contribution in [-0.2, 0) is 17.6 Å². The molecule has 1 atom stereocenters. The predicted molar refractivity (Wildman–Crippen MR) is 124 cm³/mol. The van der Waals surface area contributed by atoms with Gasteiger partial charge in [-0.1, -0.05) is 11.6 Å². The van der Waals surface area contributed by atoms with E-state index in [2.05, 4.69) is 15.5 Å². The number of nitrogen functional groups attached to an aromatic ring is 1. The highest BCUT2D eigenvalue weighted by Gasteiger charge is 2.29. The van der Waals surface area contributed by atoms with E-state index in [1.165, 1.54) is 5.56 Å². The van der Waals surface area contributed by atoms with E-state index in [1.807, 2.05) is 12.1 Å². The van der Waals surface area contributed by atoms with Crippen LogP contribution >= 0.6 is 24.0 Å². The Hall–Kier alpha value is -2.25. The fraction of sp³-hybridized carbons (Fsp3) is 0.476. The molecule has 4 rings (SSSR count). The highest BCUT2D eigenvalue weighted by atomic mass is 35.5. The third kappa shape index (κ3) is 4.90. The molecule has 9 heteroatoms. The lowest BCUT2D eigenvalue weighted by molar-refractivity contribution is -0.124. The number of fused-ring (bicyclic) bond motifs is 1. The Balaban J connectivity index is 0.00000256. The van der Waals surface area contributed by atoms with Gasteiger partial charge < -0.3 is 21.3 Å². The predicted octanol–water partition coefficient (Wildman–Crippen LogP) is 3.72. The second-order valence-electron chi connectivity index (χ2n) is 7.80. The molecule has 0 saturated carbocycles. The molecule has 1 aromatic carbocycles. The number of nitrogens with one attached hydrogen (secondary N) is 2. The lowest BCUT2D eigenvalue weighted by Gasteiger charge is -2.35. The normalized spacial score (nSPS) is 18.2. The summed E-state index contributed by atoms with van der Waals surface area (Å²) in [5.74, 6) is 1.60. The highest BCUT2D eigenvalue weighted by Crippen LogP contribution is 2.33. The van der Waals surface area contributed by atoms with Crippen molar-refractivity contribution in [3.05, 3.63) is 34.5 Å². The Labute approximate surface area is 188 Å². The van der Waals surface area contributed by atoms with Crippen LogP contribution in [0.1, 0.15) is 36.9 Å². The summed E-state index contributed by atoms with van der Waals surface area (Å²) in [4.78, 5) is 24.1. The van der Waals surface area contributed by atoms with Crippen LogP contribution in [0.2, 0.25) is 5.02 Å². The molecule has 7 nitrogen and oxygen atoms in total. The molecule has 4 N–H and O–H groups in total. The van der Waals surface area contributed by atoms with Crippen LogP contribution in [0, 0.1) is 5.92 Å². The maximum absolute atomic E-state index is 12.2. The van der Waals surface area contributed by atoms with E-state index < -0.39 is 0 Å². The minimum atomic E-state index is -0.00732. The highest BCUT2D eigenvalue weighted by molar-refractivity contribution is 6.31. The van der Waals surface area contributed by atoms with Crippen molar-refractivity contribution in [3.8, 4) is 0 Å². The van der Waals surface area contributed by atoms with E-state index in [4.69, 9.17) is 27.3 Å². The number of aryl methyl sites for hydroxylation is 1. The average Bonchev–Trinajstić information content (AvgIpc) is 2.72. The lowest BCUT2D eigenvalue weighted by Crippen LogP contribution is -2.43. The molecule has 1 unspecified atom stereocenters. The SMILES string of the molecule is CNC(=O)C1CCCN(c2nc(Nc3cc(N)cc(Cl)c3)nc3c2CCCC3)C1.Cl. The third-order valence-electron chi connectivity index (χ3n) is 5.68. The van der Waals surface area contributed by atoms with Gasteiger partial charge in [-0.25, -0.2) is 4.98 Å². The molecule has 1 amide bonds. The Bertz CT molecular complexity index is 902. The Kier molecular flexibility index (Phi) is 7.26. The van der Waals surface area contributed by atoms with Crippen molar-refractivity contribution < 1.29 is 4.79 Å². The fourth-order valence-electron chi connectivity index (χ4n) is 4.29. The Morgan fingerprint density at radius 1 is 1.20 bits per heavy atom. The van der Waals surface area contributed by atoms with E-state index in [9.17, 15) is 4.79 Å². The molecule has 1 fully saturated rings. The van der Waals surface area contributed by atoms with Crippen molar-refractivity contribution in [3.63, 3.8) is 0 Å². The number of piperidine rings is 1. The zero-order valence-electron chi connectivity index (χ0n) is 17.1.